The van der Waals surface area contributed by atoms with Crippen molar-refractivity contribution in [3.63, 3.8) is 0 Å². The molecule has 3 heteroatoms. The van der Waals surface area contributed by atoms with Gasteiger partial charge in [0.1, 0.15) is 0 Å². The summed E-state index contributed by atoms with van der Waals surface area (Å²) in [7, 11) is 0. The highest BCUT2D eigenvalue weighted by Gasteiger charge is 2.31. The number of ether oxygens (including phenoxy) is 1. The third-order valence-electron chi connectivity index (χ3n) is 2.54. The van der Waals surface area contributed by atoms with Crippen molar-refractivity contribution < 1.29 is 4.74 Å². The molecular formula is C11H13NOS. The quantitative estimate of drug-likeness (QED) is 0.715. The van der Waals surface area contributed by atoms with Gasteiger partial charge in [-0.1, -0.05) is 19.1 Å². The summed E-state index contributed by atoms with van der Waals surface area (Å²) in [5, 5.41) is 3.93. The normalized spacial score (nSPS) is 24.9. The first kappa shape index (κ1) is 9.46. The van der Waals surface area contributed by atoms with Crippen molar-refractivity contribution in [2.24, 2.45) is 0 Å². The number of para-hydroxylation sites is 1. The van der Waals surface area contributed by atoms with Crippen LogP contribution in [0.1, 0.15) is 25.8 Å². The first-order valence-electron chi connectivity index (χ1n) is 4.75. The van der Waals surface area contributed by atoms with Crippen molar-refractivity contribution in [2.75, 3.05) is 5.32 Å². The molecule has 14 heavy (non-hydrogen) atoms. The molecule has 74 valence electrons. The molecular weight excluding hydrogens is 194 g/mol. The summed E-state index contributed by atoms with van der Waals surface area (Å²) >= 11 is 5.21. The van der Waals surface area contributed by atoms with Crippen LogP contribution in [0, 0.1) is 0 Å². The maximum absolute atomic E-state index is 5.67. The fraction of sp³-hybridized carbons (Fsp3) is 0.364. The minimum absolute atomic E-state index is 0.356. The summed E-state index contributed by atoms with van der Waals surface area (Å²) in [4.78, 5) is 0. The Morgan fingerprint density at radius 3 is 2.86 bits per heavy atom. The van der Waals surface area contributed by atoms with E-state index in [-0.39, 0.29) is 5.72 Å². The van der Waals surface area contributed by atoms with Crippen LogP contribution in [-0.4, -0.2) is 10.8 Å². The second-order valence-corrected chi connectivity index (χ2v) is 4.02. The van der Waals surface area contributed by atoms with E-state index >= 15 is 0 Å². The van der Waals surface area contributed by atoms with Crippen molar-refractivity contribution in [3.05, 3.63) is 29.8 Å². The van der Waals surface area contributed by atoms with Crippen LogP contribution in [0.15, 0.2) is 24.3 Å². The lowest BCUT2D eigenvalue weighted by Crippen LogP contribution is -2.42. The van der Waals surface area contributed by atoms with E-state index in [1.165, 1.54) is 0 Å². The minimum Gasteiger partial charge on any atom is -0.457 e. The van der Waals surface area contributed by atoms with Crippen molar-refractivity contribution in [1.82, 2.24) is 0 Å². The number of benzene rings is 1. The van der Waals surface area contributed by atoms with Gasteiger partial charge in [-0.05, 0) is 31.3 Å². The summed E-state index contributed by atoms with van der Waals surface area (Å²) in [6, 6.07) is 7.96. The van der Waals surface area contributed by atoms with E-state index in [4.69, 9.17) is 17.0 Å². The topological polar surface area (TPSA) is 21.3 Å². The first-order valence-corrected chi connectivity index (χ1v) is 5.16. The molecule has 0 spiro atoms. The van der Waals surface area contributed by atoms with Gasteiger partial charge in [0.05, 0.1) is 5.56 Å². The van der Waals surface area contributed by atoms with Crippen molar-refractivity contribution >= 4 is 23.0 Å². The smallest absolute Gasteiger partial charge is 0.196 e. The average molecular weight is 207 g/mol. The maximum atomic E-state index is 5.67. The Labute approximate surface area is 89.3 Å². The number of thiocarbonyl (C=S) groups is 1. The van der Waals surface area contributed by atoms with Crippen LogP contribution in [0.3, 0.4) is 0 Å². The summed E-state index contributed by atoms with van der Waals surface area (Å²) in [6.07, 6.45) is 0.876. The van der Waals surface area contributed by atoms with E-state index in [1.807, 2.05) is 31.2 Å². The fourth-order valence-corrected chi connectivity index (χ4v) is 1.86. The van der Waals surface area contributed by atoms with E-state index < -0.39 is 0 Å². The molecule has 1 atom stereocenters. The van der Waals surface area contributed by atoms with E-state index in [1.54, 1.807) is 0 Å². The number of hydrogen-bond acceptors (Lipinski definition) is 3. The van der Waals surface area contributed by atoms with Gasteiger partial charge in [0, 0.05) is 12.1 Å². The SMILES string of the molecule is CCC1(C)Nc2ccccc2C(=S)O1. The molecule has 0 aromatic heterocycles. The van der Waals surface area contributed by atoms with Crippen LogP contribution in [0.25, 0.3) is 0 Å². The number of rotatable bonds is 1. The van der Waals surface area contributed by atoms with Gasteiger partial charge in [-0.25, -0.2) is 0 Å². The zero-order valence-corrected chi connectivity index (χ0v) is 9.15. The van der Waals surface area contributed by atoms with Gasteiger partial charge < -0.3 is 10.1 Å². The lowest BCUT2D eigenvalue weighted by Gasteiger charge is -2.36. The van der Waals surface area contributed by atoms with Crippen molar-refractivity contribution in [1.29, 1.82) is 0 Å². The molecule has 0 radical (unpaired) electrons. The van der Waals surface area contributed by atoms with E-state index in [0.29, 0.717) is 5.05 Å². The highest BCUT2D eigenvalue weighted by atomic mass is 32.1. The second kappa shape index (κ2) is 3.24. The molecule has 1 unspecified atom stereocenters. The average Bonchev–Trinajstić information content (AvgIpc) is 2.18. The van der Waals surface area contributed by atoms with Gasteiger partial charge >= 0.3 is 0 Å². The van der Waals surface area contributed by atoms with Gasteiger partial charge in [0.2, 0.25) is 0 Å². The molecule has 0 saturated carbocycles. The van der Waals surface area contributed by atoms with Gasteiger partial charge in [-0.3, -0.25) is 0 Å². The Morgan fingerprint density at radius 1 is 1.43 bits per heavy atom. The predicted octanol–water partition coefficient (Wildman–Crippen LogP) is 2.93. The summed E-state index contributed by atoms with van der Waals surface area (Å²) < 4.78 is 5.67. The lowest BCUT2D eigenvalue weighted by molar-refractivity contribution is 0.102. The molecule has 2 nitrogen and oxygen atoms in total. The van der Waals surface area contributed by atoms with Gasteiger partial charge in [0.25, 0.3) is 0 Å². The molecule has 2 rings (SSSR count). The van der Waals surface area contributed by atoms with Crippen molar-refractivity contribution in [3.8, 4) is 0 Å². The highest BCUT2D eigenvalue weighted by Crippen LogP contribution is 2.30. The zero-order chi connectivity index (χ0) is 10.2. The van der Waals surface area contributed by atoms with Crippen LogP contribution < -0.4 is 5.32 Å². The van der Waals surface area contributed by atoms with Crippen LogP contribution in [0.4, 0.5) is 5.69 Å². The Morgan fingerprint density at radius 2 is 2.14 bits per heavy atom. The summed E-state index contributed by atoms with van der Waals surface area (Å²) in [6.45, 7) is 4.08. The zero-order valence-electron chi connectivity index (χ0n) is 8.33. The molecule has 0 aliphatic carbocycles. The fourth-order valence-electron chi connectivity index (χ4n) is 1.50. The third kappa shape index (κ3) is 1.48. The third-order valence-corrected chi connectivity index (χ3v) is 2.84. The Kier molecular flexibility index (Phi) is 2.19. The largest absolute Gasteiger partial charge is 0.457 e. The molecule has 1 heterocycles. The maximum Gasteiger partial charge on any atom is 0.196 e. The number of fused-ring (bicyclic) bond motifs is 1. The van der Waals surface area contributed by atoms with Crippen LogP contribution in [-0.2, 0) is 4.74 Å². The van der Waals surface area contributed by atoms with E-state index in [2.05, 4.69) is 12.2 Å². The molecule has 0 fully saturated rings. The highest BCUT2D eigenvalue weighted by molar-refractivity contribution is 7.80. The van der Waals surface area contributed by atoms with E-state index in [9.17, 15) is 0 Å². The number of hydrogen-bond donors (Lipinski definition) is 1. The Balaban J connectivity index is 2.43. The molecule has 0 amide bonds. The Hall–Kier alpha value is -1.09. The molecule has 0 saturated heterocycles. The van der Waals surface area contributed by atoms with Crippen LogP contribution in [0.5, 0.6) is 0 Å². The second-order valence-electron chi connectivity index (χ2n) is 3.64. The van der Waals surface area contributed by atoms with E-state index in [0.717, 1.165) is 17.7 Å². The molecule has 1 aliphatic heterocycles. The standard InChI is InChI=1S/C11H13NOS/c1-3-11(2)12-9-7-5-4-6-8(9)10(14)13-11/h4-7,12H,3H2,1-2H3. The van der Waals surface area contributed by atoms with Crippen LogP contribution in [0.2, 0.25) is 0 Å². The molecule has 1 aromatic carbocycles. The first-order chi connectivity index (χ1) is 6.64. The predicted molar refractivity (Wildman–Crippen MR) is 61.5 cm³/mol. The summed E-state index contributed by atoms with van der Waals surface area (Å²) in [5.74, 6) is 0. The van der Waals surface area contributed by atoms with Gasteiger partial charge in [-0.15, -0.1) is 0 Å². The Bertz CT molecular complexity index is 377. The number of nitrogens with one attached hydrogen (secondary N) is 1. The van der Waals surface area contributed by atoms with Crippen molar-refractivity contribution in [2.45, 2.75) is 26.0 Å². The van der Waals surface area contributed by atoms with Crippen LogP contribution >= 0.6 is 12.2 Å². The van der Waals surface area contributed by atoms with Gasteiger partial charge in [-0.2, -0.15) is 0 Å². The molecule has 1 aliphatic rings. The minimum atomic E-state index is -0.356. The molecule has 1 N–H and O–H groups in total. The summed E-state index contributed by atoms with van der Waals surface area (Å²) in [5.41, 5.74) is 1.69. The monoisotopic (exact) mass is 207 g/mol. The lowest BCUT2D eigenvalue weighted by atomic mass is 10.1. The molecule has 1 aromatic rings. The van der Waals surface area contributed by atoms with Gasteiger partial charge in [0.15, 0.2) is 10.8 Å². The number of anilines is 1. The molecule has 0 bridgehead atoms.